The van der Waals surface area contributed by atoms with E-state index in [4.69, 9.17) is 4.74 Å². The molecule has 6 nitrogen and oxygen atoms in total. The van der Waals surface area contributed by atoms with Crippen molar-refractivity contribution >= 4 is 12.3 Å². The monoisotopic (exact) mass is 324 g/mol. The third-order valence-corrected chi connectivity index (χ3v) is 3.48. The second-order valence-electron chi connectivity index (χ2n) is 6.64. The Hall–Kier alpha value is -2.89. The summed E-state index contributed by atoms with van der Waals surface area (Å²) >= 11 is 0. The predicted octanol–water partition coefficient (Wildman–Crippen LogP) is 3.00. The van der Waals surface area contributed by atoms with E-state index in [1.165, 1.54) is 0 Å². The van der Waals surface area contributed by atoms with Gasteiger partial charge in [-0.15, -0.1) is 0 Å². The number of nitrogens with one attached hydrogen (secondary N) is 2. The SMILES string of the molecule is CC(C)(C)NC(=O)Oc1ccc(C2NN=Cc3ccccc32)cn1. The first-order valence-electron chi connectivity index (χ1n) is 7.76. The molecule has 0 fully saturated rings. The molecule has 2 heterocycles. The third-order valence-electron chi connectivity index (χ3n) is 3.48. The largest absolute Gasteiger partial charge is 0.414 e. The Balaban J connectivity index is 1.74. The van der Waals surface area contributed by atoms with Gasteiger partial charge in [-0.25, -0.2) is 9.78 Å². The van der Waals surface area contributed by atoms with Gasteiger partial charge in [0, 0.05) is 23.4 Å². The number of ether oxygens (including phenoxy) is 1. The first kappa shape index (κ1) is 16.0. The summed E-state index contributed by atoms with van der Waals surface area (Å²) in [6.45, 7) is 5.66. The zero-order valence-electron chi connectivity index (χ0n) is 13.9. The fourth-order valence-corrected chi connectivity index (χ4v) is 2.45. The molecule has 1 aliphatic heterocycles. The normalized spacial score (nSPS) is 16.0. The Morgan fingerprint density at radius 3 is 2.71 bits per heavy atom. The first-order chi connectivity index (χ1) is 11.4. The number of hydrazone groups is 1. The van der Waals surface area contributed by atoms with Gasteiger partial charge in [-0.2, -0.15) is 5.10 Å². The molecule has 0 bridgehead atoms. The van der Waals surface area contributed by atoms with E-state index in [2.05, 4.69) is 26.9 Å². The minimum absolute atomic E-state index is 0.0730. The van der Waals surface area contributed by atoms with E-state index < -0.39 is 6.09 Å². The number of rotatable bonds is 2. The summed E-state index contributed by atoms with van der Waals surface area (Å²) in [5.41, 5.74) is 5.89. The summed E-state index contributed by atoms with van der Waals surface area (Å²) in [7, 11) is 0. The summed E-state index contributed by atoms with van der Waals surface area (Å²) in [5, 5.41) is 6.92. The van der Waals surface area contributed by atoms with Gasteiger partial charge in [0.25, 0.3) is 0 Å². The van der Waals surface area contributed by atoms with Gasteiger partial charge in [-0.05, 0) is 38.0 Å². The Morgan fingerprint density at radius 1 is 1.21 bits per heavy atom. The highest BCUT2D eigenvalue weighted by Crippen LogP contribution is 2.27. The van der Waals surface area contributed by atoms with Gasteiger partial charge in [-0.3, -0.25) is 5.43 Å². The molecule has 0 aliphatic carbocycles. The lowest BCUT2D eigenvalue weighted by Crippen LogP contribution is -2.42. The van der Waals surface area contributed by atoms with E-state index in [0.717, 1.165) is 16.7 Å². The molecule has 3 rings (SSSR count). The van der Waals surface area contributed by atoms with Crippen LogP contribution in [-0.4, -0.2) is 22.8 Å². The zero-order valence-corrected chi connectivity index (χ0v) is 13.9. The van der Waals surface area contributed by atoms with Crippen LogP contribution in [0, 0.1) is 0 Å². The molecule has 6 heteroatoms. The third kappa shape index (κ3) is 3.71. The lowest BCUT2D eigenvalue weighted by Gasteiger charge is -2.23. The van der Waals surface area contributed by atoms with Crippen molar-refractivity contribution in [1.29, 1.82) is 0 Å². The molecule has 1 amide bonds. The van der Waals surface area contributed by atoms with Crippen LogP contribution in [0.1, 0.15) is 43.5 Å². The molecule has 124 valence electrons. The fraction of sp³-hybridized carbons (Fsp3) is 0.278. The van der Waals surface area contributed by atoms with Crippen LogP contribution < -0.4 is 15.5 Å². The zero-order chi connectivity index (χ0) is 17.2. The maximum Gasteiger partial charge on any atom is 0.414 e. The quantitative estimate of drug-likeness (QED) is 0.890. The lowest BCUT2D eigenvalue weighted by atomic mass is 9.95. The first-order valence-corrected chi connectivity index (χ1v) is 7.76. The summed E-state index contributed by atoms with van der Waals surface area (Å²) in [5.74, 6) is 0.257. The highest BCUT2D eigenvalue weighted by atomic mass is 16.6. The standard InChI is InChI=1S/C18H20N4O2/c1-18(2,3)21-17(23)24-15-9-8-13(10-19-15)16-14-7-5-4-6-12(14)11-20-22-16/h4-11,16,22H,1-3H3,(H,21,23). The maximum atomic E-state index is 11.8. The van der Waals surface area contributed by atoms with Gasteiger partial charge < -0.3 is 10.1 Å². The van der Waals surface area contributed by atoms with Crippen LogP contribution in [0.25, 0.3) is 0 Å². The number of nitrogens with zero attached hydrogens (tertiary/aromatic N) is 2. The molecular weight excluding hydrogens is 304 g/mol. The molecule has 1 atom stereocenters. The Kier molecular flexibility index (Phi) is 4.20. The Bertz CT molecular complexity index is 763. The van der Waals surface area contributed by atoms with Gasteiger partial charge >= 0.3 is 6.09 Å². The Labute approximate surface area is 140 Å². The number of carbonyl (C=O) groups is 1. The number of hydrogen-bond acceptors (Lipinski definition) is 5. The van der Waals surface area contributed by atoms with E-state index >= 15 is 0 Å². The van der Waals surface area contributed by atoms with Crippen molar-refractivity contribution in [1.82, 2.24) is 15.7 Å². The predicted molar refractivity (Wildman–Crippen MR) is 92.2 cm³/mol. The van der Waals surface area contributed by atoms with Crippen LogP contribution in [0.5, 0.6) is 5.88 Å². The fourth-order valence-electron chi connectivity index (χ4n) is 2.45. The second-order valence-corrected chi connectivity index (χ2v) is 6.64. The van der Waals surface area contributed by atoms with Crippen molar-refractivity contribution in [2.24, 2.45) is 5.10 Å². The highest BCUT2D eigenvalue weighted by molar-refractivity contribution is 5.83. The van der Waals surface area contributed by atoms with Crippen molar-refractivity contribution < 1.29 is 9.53 Å². The average Bonchev–Trinajstić information content (AvgIpc) is 2.53. The van der Waals surface area contributed by atoms with Gasteiger partial charge in [-0.1, -0.05) is 24.3 Å². The molecule has 1 unspecified atom stereocenters. The average molecular weight is 324 g/mol. The van der Waals surface area contributed by atoms with E-state index in [0.29, 0.717) is 0 Å². The molecule has 1 aromatic carbocycles. The summed E-state index contributed by atoms with van der Waals surface area (Å²) in [6, 6.07) is 11.5. The second kappa shape index (κ2) is 6.31. The van der Waals surface area contributed by atoms with E-state index in [1.54, 1.807) is 18.5 Å². The minimum Gasteiger partial charge on any atom is -0.391 e. The number of pyridine rings is 1. The number of amides is 1. The van der Waals surface area contributed by atoms with Gasteiger partial charge in [0.2, 0.25) is 5.88 Å². The van der Waals surface area contributed by atoms with Crippen LogP contribution in [0.3, 0.4) is 0 Å². The van der Waals surface area contributed by atoms with Gasteiger partial charge in [0.05, 0.1) is 12.3 Å². The number of hydrogen-bond donors (Lipinski definition) is 2. The number of carbonyl (C=O) groups excluding carboxylic acids is 1. The number of benzene rings is 1. The van der Waals surface area contributed by atoms with Crippen molar-refractivity contribution in [2.45, 2.75) is 32.4 Å². The van der Waals surface area contributed by atoms with E-state index in [-0.39, 0.29) is 17.5 Å². The van der Waals surface area contributed by atoms with Crippen molar-refractivity contribution in [3.8, 4) is 5.88 Å². The van der Waals surface area contributed by atoms with Crippen molar-refractivity contribution in [3.05, 3.63) is 59.3 Å². The van der Waals surface area contributed by atoms with Crippen LogP contribution in [0.4, 0.5) is 4.79 Å². The molecule has 0 spiro atoms. The summed E-state index contributed by atoms with van der Waals surface area (Å²) in [6.07, 6.45) is 2.97. The van der Waals surface area contributed by atoms with Gasteiger partial charge in [0.1, 0.15) is 0 Å². The van der Waals surface area contributed by atoms with Crippen molar-refractivity contribution in [2.75, 3.05) is 0 Å². The molecule has 0 radical (unpaired) electrons. The van der Waals surface area contributed by atoms with Crippen LogP contribution >= 0.6 is 0 Å². The molecule has 0 saturated heterocycles. The van der Waals surface area contributed by atoms with Crippen molar-refractivity contribution in [3.63, 3.8) is 0 Å². The van der Waals surface area contributed by atoms with Crippen LogP contribution in [-0.2, 0) is 0 Å². The maximum absolute atomic E-state index is 11.8. The number of aromatic nitrogens is 1. The minimum atomic E-state index is -0.520. The summed E-state index contributed by atoms with van der Waals surface area (Å²) in [4.78, 5) is 16.0. The molecular formula is C18H20N4O2. The van der Waals surface area contributed by atoms with Gasteiger partial charge in [0.15, 0.2) is 0 Å². The van der Waals surface area contributed by atoms with Crippen LogP contribution in [0.15, 0.2) is 47.7 Å². The molecule has 1 aliphatic rings. The highest BCUT2D eigenvalue weighted by Gasteiger charge is 2.20. The smallest absolute Gasteiger partial charge is 0.391 e. The molecule has 0 saturated carbocycles. The molecule has 2 aromatic rings. The van der Waals surface area contributed by atoms with E-state index in [1.807, 2.05) is 45.0 Å². The lowest BCUT2D eigenvalue weighted by molar-refractivity contribution is 0.189. The topological polar surface area (TPSA) is 75.6 Å². The van der Waals surface area contributed by atoms with E-state index in [9.17, 15) is 4.79 Å². The van der Waals surface area contributed by atoms with Crippen LogP contribution in [0.2, 0.25) is 0 Å². The summed E-state index contributed by atoms with van der Waals surface area (Å²) < 4.78 is 5.19. The Morgan fingerprint density at radius 2 is 2.00 bits per heavy atom. The molecule has 1 aromatic heterocycles. The number of fused-ring (bicyclic) bond motifs is 1. The molecule has 2 N–H and O–H groups in total. The molecule has 24 heavy (non-hydrogen) atoms.